The zero-order valence-electron chi connectivity index (χ0n) is 19.7. The monoisotopic (exact) mass is 443 g/mol. The number of rotatable bonds is 7. The quantitative estimate of drug-likeness (QED) is 0.562. The van der Waals surface area contributed by atoms with Crippen molar-refractivity contribution in [1.29, 1.82) is 0 Å². The lowest BCUT2D eigenvalue weighted by atomic mass is 9.88. The Morgan fingerprint density at radius 3 is 1.97 bits per heavy atom. The molecule has 1 fully saturated rings. The lowest BCUT2D eigenvalue weighted by Crippen LogP contribution is -2.42. The number of benzene rings is 2. The Bertz CT molecular complexity index is 1010. The van der Waals surface area contributed by atoms with Crippen LogP contribution < -0.4 is 15.5 Å². The van der Waals surface area contributed by atoms with Crippen LogP contribution in [0.5, 0.6) is 0 Å². The second-order valence-electron chi connectivity index (χ2n) is 9.04. The van der Waals surface area contributed by atoms with Gasteiger partial charge in [0.05, 0.1) is 5.92 Å². The minimum atomic E-state index is -0.298. The van der Waals surface area contributed by atoms with Crippen LogP contribution in [0.3, 0.4) is 0 Å². The molecule has 3 aromatic rings. The Labute approximate surface area is 196 Å². The van der Waals surface area contributed by atoms with E-state index in [0.717, 1.165) is 48.3 Å². The summed E-state index contributed by atoms with van der Waals surface area (Å²) < 4.78 is 0. The number of aryl methyl sites for hydroxylation is 1. The molecule has 0 atom stereocenters. The highest BCUT2D eigenvalue weighted by atomic mass is 16.1. The van der Waals surface area contributed by atoms with Crippen LogP contribution in [0.2, 0.25) is 0 Å². The van der Waals surface area contributed by atoms with Gasteiger partial charge in [0.2, 0.25) is 11.9 Å². The second-order valence-corrected chi connectivity index (χ2v) is 9.04. The zero-order valence-corrected chi connectivity index (χ0v) is 19.7. The van der Waals surface area contributed by atoms with E-state index < -0.39 is 0 Å². The van der Waals surface area contributed by atoms with Gasteiger partial charge in [-0.05, 0) is 43.7 Å². The van der Waals surface area contributed by atoms with Crippen molar-refractivity contribution in [3.8, 4) is 0 Å². The Hall–Kier alpha value is -3.41. The summed E-state index contributed by atoms with van der Waals surface area (Å²) in [6, 6.07) is 22.5. The van der Waals surface area contributed by atoms with Crippen LogP contribution in [-0.4, -0.2) is 42.1 Å². The average molecular weight is 444 g/mol. The number of carbonyl (C=O) groups is 1. The molecule has 0 bridgehead atoms. The van der Waals surface area contributed by atoms with Gasteiger partial charge < -0.3 is 15.5 Å². The maximum Gasteiger partial charge on any atom is 0.232 e. The molecule has 33 heavy (non-hydrogen) atoms. The number of carbonyl (C=O) groups excluding carboxylic acids is 1. The Morgan fingerprint density at radius 1 is 0.879 bits per heavy atom. The molecule has 6 heteroatoms. The van der Waals surface area contributed by atoms with E-state index in [0.29, 0.717) is 12.0 Å². The van der Waals surface area contributed by atoms with Crippen molar-refractivity contribution in [3.05, 3.63) is 83.6 Å². The van der Waals surface area contributed by atoms with Crippen LogP contribution in [0.25, 0.3) is 0 Å². The first-order chi connectivity index (χ1) is 16.0. The summed E-state index contributed by atoms with van der Waals surface area (Å²) in [5, 5.41) is 6.83. The van der Waals surface area contributed by atoms with E-state index in [-0.39, 0.29) is 17.9 Å². The maximum absolute atomic E-state index is 13.4. The molecule has 0 radical (unpaired) electrons. The molecule has 1 heterocycles. The van der Waals surface area contributed by atoms with Gasteiger partial charge in [-0.3, -0.25) is 4.79 Å². The van der Waals surface area contributed by atoms with Crippen LogP contribution in [-0.2, 0) is 4.79 Å². The molecule has 6 nitrogen and oxygen atoms in total. The smallest absolute Gasteiger partial charge is 0.232 e. The van der Waals surface area contributed by atoms with Gasteiger partial charge in [-0.2, -0.15) is 4.98 Å². The van der Waals surface area contributed by atoms with E-state index in [1.54, 1.807) is 0 Å². The maximum atomic E-state index is 13.4. The standard InChI is InChI=1S/C27H33N5O/c1-19-18-24(32(2)3)31-27(28-19)30-23-16-14-22(15-17-23)29-26(33)25(20-10-6-4-7-11-20)21-12-8-5-9-13-21/h4-13,18,22-23,25H,14-17H2,1-3H3,(H,29,33)(H,28,30,31)/t22-,23+. The van der Waals surface area contributed by atoms with Crippen LogP contribution >= 0.6 is 0 Å². The summed E-state index contributed by atoms with van der Waals surface area (Å²) in [7, 11) is 3.97. The molecule has 0 unspecified atom stereocenters. The largest absolute Gasteiger partial charge is 0.363 e. The molecule has 2 N–H and O–H groups in total. The average Bonchev–Trinajstić information content (AvgIpc) is 2.81. The molecule has 1 aromatic heterocycles. The van der Waals surface area contributed by atoms with E-state index in [1.165, 1.54) is 0 Å². The lowest BCUT2D eigenvalue weighted by molar-refractivity contribution is -0.122. The minimum Gasteiger partial charge on any atom is -0.363 e. The van der Waals surface area contributed by atoms with Crippen molar-refractivity contribution in [3.63, 3.8) is 0 Å². The van der Waals surface area contributed by atoms with Crippen LogP contribution in [0.1, 0.15) is 48.4 Å². The molecule has 1 aliphatic rings. The predicted octanol–water partition coefficient (Wildman–Crippen LogP) is 4.52. The summed E-state index contributed by atoms with van der Waals surface area (Å²) in [6.45, 7) is 1.99. The minimum absolute atomic E-state index is 0.0708. The van der Waals surface area contributed by atoms with Gasteiger partial charge in [-0.15, -0.1) is 0 Å². The number of amides is 1. The van der Waals surface area contributed by atoms with Gasteiger partial charge in [0.25, 0.3) is 0 Å². The van der Waals surface area contributed by atoms with Crippen LogP contribution in [0.4, 0.5) is 11.8 Å². The van der Waals surface area contributed by atoms with Gasteiger partial charge in [-0.1, -0.05) is 60.7 Å². The van der Waals surface area contributed by atoms with Crippen molar-refractivity contribution in [1.82, 2.24) is 15.3 Å². The molecule has 1 aliphatic carbocycles. The molecule has 1 amide bonds. The molecule has 172 valence electrons. The molecule has 0 spiro atoms. The lowest BCUT2D eigenvalue weighted by Gasteiger charge is -2.31. The topological polar surface area (TPSA) is 70.2 Å². The fourth-order valence-corrected chi connectivity index (χ4v) is 4.48. The summed E-state index contributed by atoms with van der Waals surface area (Å²) in [5.41, 5.74) is 2.99. The van der Waals surface area contributed by atoms with Gasteiger partial charge in [0.1, 0.15) is 5.82 Å². The normalized spacial score (nSPS) is 18.1. The fourth-order valence-electron chi connectivity index (χ4n) is 4.48. The van der Waals surface area contributed by atoms with Crippen molar-refractivity contribution in [2.75, 3.05) is 24.3 Å². The molecule has 0 aliphatic heterocycles. The van der Waals surface area contributed by atoms with Crippen molar-refractivity contribution in [2.45, 2.75) is 50.6 Å². The van der Waals surface area contributed by atoms with Gasteiger partial charge >= 0.3 is 0 Å². The van der Waals surface area contributed by atoms with Crippen LogP contribution in [0, 0.1) is 6.92 Å². The van der Waals surface area contributed by atoms with E-state index in [2.05, 4.69) is 20.6 Å². The Balaban J connectivity index is 1.37. The molecular formula is C27H33N5O. The summed E-state index contributed by atoms with van der Waals surface area (Å²) in [4.78, 5) is 24.5. The SMILES string of the molecule is Cc1cc(N(C)C)nc(N[C@H]2CC[C@@H](NC(=O)C(c3ccccc3)c3ccccc3)CC2)n1. The molecule has 2 aromatic carbocycles. The Kier molecular flexibility index (Phi) is 7.23. The predicted molar refractivity (Wildman–Crippen MR) is 134 cm³/mol. The number of aromatic nitrogens is 2. The summed E-state index contributed by atoms with van der Waals surface area (Å²) in [6.07, 6.45) is 3.82. The van der Waals surface area contributed by atoms with E-state index in [4.69, 9.17) is 0 Å². The second kappa shape index (κ2) is 10.5. The van der Waals surface area contributed by atoms with Gasteiger partial charge in [0.15, 0.2) is 0 Å². The summed E-state index contributed by atoms with van der Waals surface area (Å²) >= 11 is 0. The van der Waals surface area contributed by atoms with Crippen molar-refractivity contribution in [2.24, 2.45) is 0 Å². The highest BCUT2D eigenvalue weighted by Gasteiger charge is 2.28. The fraction of sp³-hybridized carbons (Fsp3) is 0.370. The molecule has 1 saturated carbocycles. The van der Waals surface area contributed by atoms with Crippen LogP contribution in [0.15, 0.2) is 66.7 Å². The third kappa shape index (κ3) is 5.89. The first-order valence-corrected chi connectivity index (χ1v) is 11.7. The highest BCUT2D eigenvalue weighted by molar-refractivity contribution is 5.87. The number of nitrogens with zero attached hydrogens (tertiary/aromatic N) is 3. The third-order valence-corrected chi connectivity index (χ3v) is 6.23. The van der Waals surface area contributed by atoms with E-state index >= 15 is 0 Å². The van der Waals surface area contributed by atoms with Crippen molar-refractivity contribution >= 4 is 17.7 Å². The third-order valence-electron chi connectivity index (χ3n) is 6.23. The number of hydrogen-bond donors (Lipinski definition) is 2. The molecule has 4 rings (SSSR count). The zero-order chi connectivity index (χ0) is 23.2. The highest BCUT2D eigenvalue weighted by Crippen LogP contribution is 2.27. The summed E-state index contributed by atoms with van der Waals surface area (Å²) in [5.74, 6) is 1.35. The number of anilines is 2. The van der Waals surface area contributed by atoms with E-state index in [9.17, 15) is 4.79 Å². The number of hydrogen-bond acceptors (Lipinski definition) is 5. The van der Waals surface area contributed by atoms with Gasteiger partial charge in [-0.25, -0.2) is 4.98 Å². The van der Waals surface area contributed by atoms with Gasteiger partial charge in [0, 0.05) is 37.9 Å². The van der Waals surface area contributed by atoms with E-state index in [1.807, 2.05) is 92.6 Å². The first kappa shape index (κ1) is 22.8. The first-order valence-electron chi connectivity index (χ1n) is 11.7. The number of nitrogens with one attached hydrogen (secondary N) is 2. The molecule has 0 saturated heterocycles. The van der Waals surface area contributed by atoms with Crippen molar-refractivity contribution < 1.29 is 4.79 Å². The Morgan fingerprint density at radius 2 is 1.42 bits per heavy atom. The molecular weight excluding hydrogens is 410 g/mol.